The van der Waals surface area contributed by atoms with Crippen molar-refractivity contribution < 1.29 is 9.59 Å². The van der Waals surface area contributed by atoms with Crippen molar-refractivity contribution in [3.63, 3.8) is 0 Å². The molecular formula is C13H20N4O2S. The number of urea groups is 1. The van der Waals surface area contributed by atoms with Crippen LogP contribution in [0, 0.1) is 0 Å². The van der Waals surface area contributed by atoms with Gasteiger partial charge >= 0.3 is 6.03 Å². The number of likely N-dealkylation sites (N-methyl/N-ethyl adjacent to an activating group) is 1. The van der Waals surface area contributed by atoms with E-state index >= 15 is 0 Å². The average molecular weight is 296 g/mol. The second-order valence-electron chi connectivity index (χ2n) is 5.11. The molecule has 1 aliphatic carbocycles. The number of hydrogen-bond acceptors (Lipinski definition) is 5. The van der Waals surface area contributed by atoms with Gasteiger partial charge in [-0.1, -0.05) is 37.0 Å². The molecule has 0 bridgehead atoms. The van der Waals surface area contributed by atoms with Crippen LogP contribution in [0.4, 0.5) is 9.93 Å². The van der Waals surface area contributed by atoms with E-state index in [1.165, 1.54) is 41.9 Å². The summed E-state index contributed by atoms with van der Waals surface area (Å²) in [6.07, 6.45) is 8.10. The fraction of sp³-hybridized carbons (Fsp3) is 0.692. The van der Waals surface area contributed by atoms with E-state index in [9.17, 15) is 9.59 Å². The van der Waals surface area contributed by atoms with Gasteiger partial charge in [-0.05, 0) is 12.8 Å². The Bertz CT molecular complexity index is 455. The third-order valence-corrected chi connectivity index (χ3v) is 4.56. The smallest absolute Gasteiger partial charge is 0.321 e. The summed E-state index contributed by atoms with van der Waals surface area (Å²) < 4.78 is 0. The lowest BCUT2D eigenvalue weighted by Gasteiger charge is -2.12. The molecule has 1 aromatic heterocycles. The van der Waals surface area contributed by atoms with Crippen molar-refractivity contribution in [3.05, 3.63) is 5.01 Å². The minimum atomic E-state index is -0.333. The minimum absolute atomic E-state index is 0.0696. The SMILES string of the molecule is CN(CC=O)C(=O)Nc1nnc(C2CCCCCC2)s1. The first kappa shape index (κ1) is 14.9. The Morgan fingerprint density at radius 1 is 1.35 bits per heavy atom. The van der Waals surface area contributed by atoms with Crippen molar-refractivity contribution in [3.8, 4) is 0 Å². The zero-order valence-electron chi connectivity index (χ0n) is 11.7. The Hall–Kier alpha value is -1.50. The van der Waals surface area contributed by atoms with Gasteiger partial charge in [-0.15, -0.1) is 10.2 Å². The van der Waals surface area contributed by atoms with Gasteiger partial charge in [0.1, 0.15) is 11.3 Å². The van der Waals surface area contributed by atoms with Crippen LogP contribution < -0.4 is 5.32 Å². The molecule has 2 rings (SSSR count). The van der Waals surface area contributed by atoms with Crippen LogP contribution in [0.3, 0.4) is 0 Å². The molecule has 110 valence electrons. The van der Waals surface area contributed by atoms with Gasteiger partial charge in [-0.3, -0.25) is 5.32 Å². The van der Waals surface area contributed by atoms with Crippen molar-refractivity contribution in [1.29, 1.82) is 0 Å². The summed E-state index contributed by atoms with van der Waals surface area (Å²) in [6, 6.07) is -0.333. The van der Waals surface area contributed by atoms with E-state index in [1.54, 1.807) is 7.05 Å². The van der Waals surface area contributed by atoms with Crippen LogP contribution in [-0.2, 0) is 4.79 Å². The van der Waals surface area contributed by atoms with Crippen LogP contribution in [0.5, 0.6) is 0 Å². The van der Waals surface area contributed by atoms with Gasteiger partial charge in [-0.25, -0.2) is 4.79 Å². The lowest BCUT2D eigenvalue weighted by molar-refractivity contribution is -0.108. The molecule has 0 saturated heterocycles. The molecule has 0 atom stereocenters. The quantitative estimate of drug-likeness (QED) is 0.684. The van der Waals surface area contributed by atoms with Gasteiger partial charge in [0.2, 0.25) is 5.13 Å². The monoisotopic (exact) mass is 296 g/mol. The lowest BCUT2D eigenvalue weighted by atomic mass is 10.0. The number of nitrogens with zero attached hydrogens (tertiary/aromatic N) is 3. The molecule has 1 N–H and O–H groups in total. The molecule has 0 unspecified atom stereocenters. The summed E-state index contributed by atoms with van der Waals surface area (Å²) in [5, 5.41) is 12.4. The second-order valence-corrected chi connectivity index (χ2v) is 6.12. The van der Waals surface area contributed by atoms with Crippen LogP contribution in [0.25, 0.3) is 0 Å². The van der Waals surface area contributed by atoms with Crippen LogP contribution in [0.15, 0.2) is 0 Å². The van der Waals surface area contributed by atoms with E-state index in [0.29, 0.717) is 17.3 Å². The van der Waals surface area contributed by atoms with Crippen molar-refractivity contribution in [2.24, 2.45) is 0 Å². The van der Waals surface area contributed by atoms with E-state index in [4.69, 9.17) is 0 Å². The highest BCUT2D eigenvalue weighted by Gasteiger charge is 2.19. The summed E-state index contributed by atoms with van der Waals surface area (Å²) in [5.41, 5.74) is 0. The summed E-state index contributed by atoms with van der Waals surface area (Å²) in [7, 11) is 1.57. The highest BCUT2D eigenvalue weighted by molar-refractivity contribution is 7.15. The Balaban J connectivity index is 1.94. The van der Waals surface area contributed by atoms with Crippen molar-refractivity contribution in [2.75, 3.05) is 18.9 Å². The summed E-state index contributed by atoms with van der Waals surface area (Å²) in [5.74, 6) is 0.480. The normalized spacial score (nSPS) is 16.4. The first-order valence-corrected chi connectivity index (χ1v) is 7.81. The molecule has 1 saturated carbocycles. The van der Waals surface area contributed by atoms with Gasteiger partial charge in [0.05, 0.1) is 6.54 Å². The first-order chi connectivity index (χ1) is 9.70. The number of aldehydes is 1. The molecule has 1 aliphatic rings. The second kappa shape index (κ2) is 7.33. The minimum Gasteiger partial charge on any atom is -0.321 e. The summed E-state index contributed by atoms with van der Waals surface area (Å²) >= 11 is 1.44. The van der Waals surface area contributed by atoms with E-state index < -0.39 is 0 Å². The molecule has 0 aromatic carbocycles. The zero-order valence-corrected chi connectivity index (χ0v) is 12.5. The van der Waals surface area contributed by atoms with Gasteiger partial charge in [0.25, 0.3) is 0 Å². The maximum absolute atomic E-state index is 11.7. The molecular weight excluding hydrogens is 276 g/mol. The Morgan fingerprint density at radius 3 is 2.70 bits per heavy atom. The standard InChI is InChI=1S/C13H20N4O2S/c1-17(8-9-18)13(19)14-12-16-15-11(20-12)10-6-4-2-3-5-7-10/h9-10H,2-8H2,1H3,(H,14,16,19). The van der Waals surface area contributed by atoms with Crippen molar-refractivity contribution in [1.82, 2.24) is 15.1 Å². The topological polar surface area (TPSA) is 75.2 Å². The molecule has 0 aliphatic heterocycles. The maximum Gasteiger partial charge on any atom is 0.323 e. The largest absolute Gasteiger partial charge is 0.323 e. The highest BCUT2D eigenvalue weighted by Crippen LogP contribution is 2.34. The van der Waals surface area contributed by atoms with Gasteiger partial charge in [0, 0.05) is 13.0 Å². The number of rotatable bonds is 4. The predicted molar refractivity (Wildman–Crippen MR) is 78.1 cm³/mol. The molecule has 1 fully saturated rings. The fourth-order valence-electron chi connectivity index (χ4n) is 2.36. The van der Waals surface area contributed by atoms with E-state index in [2.05, 4.69) is 15.5 Å². The number of carbonyl (C=O) groups excluding carboxylic acids is 2. The van der Waals surface area contributed by atoms with Crippen LogP contribution in [-0.4, -0.2) is 41.0 Å². The molecule has 20 heavy (non-hydrogen) atoms. The Kier molecular flexibility index (Phi) is 5.46. The maximum atomic E-state index is 11.7. The lowest BCUT2D eigenvalue weighted by Crippen LogP contribution is -2.32. The molecule has 1 aromatic rings. The number of anilines is 1. The highest BCUT2D eigenvalue weighted by atomic mass is 32.1. The number of aromatic nitrogens is 2. The number of amides is 2. The molecule has 0 radical (unpaired) electrons. The number of carbonyl (C=O) groups is 2. The Labute approximate surface area is 122 Å². The van der Waals surface area contributed by atoms with Crippen LogP contribution in [0.2, 0.25) is 0 Å². The summed E-state index contributed by atoms with van der Waals surface area (Å²) in [6.45, 7) is 0.0696. The molecule has 0 spiro atoms. The average Bonchev–Trinajstić information content (AvgIpc) is 2.73. The van der Waals surface area contributed by atoms with Crippen molar-refractivity contribution in [2.45, 2.75) is 44.4 Å². The number of hydrogen-bond donors (Lipinski definition) is 1. The Morgan fingerprint density at radius 2 is 2.05 bits per heavy atom. The van der Waals surface area contributed by atoms with Crippen molar-refractivity contribution >= 4 is 28.8 Å². The van der Waals surface area contributed by atoms with Crippen LogP contribution in [0.1, 0.15) is 49.5 Å². The third-order valence-electron chi connectivity index (χ3n) is 3.55. The molecule has 1 heterocycles. The number of nitrogens with one attached hydrogen (secondary N) is 1. The fourth-order valence-corrected chi connectivity index (χ4v) is 3.26. The van der Waals surface area contributed by atoms with E-state index in [1.807, 2.05) is 0 Å². The van der Waals surface area contributed by atoms with Gasteiger partial charge in [0.15, 0.2) is 0 Å². The predicted octanol–water partition coefficient (Wildman–Crippen LogP) is 2.64. The molecule has 6 nitrogen and oxygen atoms in total. The van der Waals surface area contributed by atoms with E-state index in [0.717, 1.165) is 17.8 Å². The van der Waals surface area contributed by atoms with E-state index in [-0.39, 0.29) is 12.6 Å². The van der Waals surface area contributed by atoms with Crippen LogP contribution >= 0.6 is 11.3 Å². The molecule has 2 amide bonds. The zero-order chi connectivity index (χ0) is 14.4. The van der Waals surface area contributed by atoms with Gasteiger partial charge < -0.3 is 9.69 Å². The summed E-state index contributed by atoms with van der Waals surface area (Å²) in [4.78, 5) is 23.4. The van der Waals surface area contributed by atoms with Gasteiger partial charge in [-0.2, -0.15) is 0 Å². The third kappa shape index (κ3) is 4.00. The first-order valence-electron chi connectivity index (χ1n) is 7.00. The molecule has 7 heteroatoms.